The van der Waals surface area contributed by atoms with Crippen molar-refractivity contribution in [3.8, 4) is 0 Å². The molecule has 0 heterocycles. The van der Waals surface area contributed by atoms with Gasteiger partial charge in [0.15, 0.2) is 0 Å². The van der Waals surface area contributed by atoms with Crippen molar-refractivity contribution in [2.75, 3.05) is 11.5 Å². The molecule has 0 bridgehead atoms. The number of anilines is 2. The number of halogens is 1. The van der Waals surface area contributed by atoms with Crippen molar-refractivity contribution < 1.29 is 4.92 Å². The van der Waals surface area contributed by atoms with Gasteiger partial charge in [0.2, 0.25) is 0 Å². The summed E-state index contributed by atoms with van der Waals surface area (Å²) in [6.07, 6.45) is 0. The molecule has 1 rings (SSSR count). The van der Waals surface area contributed by atoms with Crippen LogP contribution in [0.15, 0.2) is 16.6 Å². The number of benzene rings is 1. The van der Waals surface area contributed by atoms with Gasteiger partial charge in [-0.25, -0.2) is 0 Å². The maximum Gasteiger partial charge on any atom is 0.294 e. The number of nitro benzene ring substituents is 1. The number of rotatable bonds is 1. The van der Waals surface area contributed by atoms with Crippen LogP contribution in [0.2, 0.25) is 0 Å². The van der Waals surface area contributed by atoms with Gasteiger partial charge in [0.1, 0.15) is 5.69 Å². The van der Waals surface area contributed by atoms with Crippen LogP contribution in [0.4, 0.5) is 17.1 Å². The second-order valence-corrected chi connectivity index (χ2v) is 3.01. The Balaban J connectivity index is 3.36. The summed E-state index contributed by atoms with van der Waals surface area (Å²) < 4.78 is 0.561. The number of nitrogens with zero attached hydrogens (tertiary/aromatic N) is 1. The summed E-state index contributed by atoms with van der Waals surface area (Å²) in [4.78, 5) is 9.77. The van der Waals surface area contributed by atoms with E-state index in [4.69, 9.17) is 11.5 Å². The number of hydrogen-bond acceptors (Lipinski definition) is 4. The lowest BCUT2D eigenvalue weighted by Crippen LogP contribution is -2.00. The average molecular weight is 232 g/mol. The molecule has 12 heavy (non-hydrogen) atoms. The number of nitrogen functional groups attached to an aromatic ring is 2. The van der Waals surface area contributed by atoms with E-state index < -0.39 is 4.92 Å². The van der Waals surface area contributed by atoms with Crippen LogP contribution in [0.1, 0.15) is 0 Å². The van der Waals surface area contributed by atoms with Crippen LogP contribution in [0.3, 0.4) is 0 Å². The minimum absolute atomic E-state index is 0.00521. The Hall–Kier alpha value is -1.30. The van der Waals surface area contributed by atoms with Crippen LogP contribution in [0.5, 0.6) is 0 Å². The molecule has 0 amide bonds. The van der Waals surface area contributed by atoms with E-state index in [0.29, 0.717) is 4.47 Å². The third kappa shape index (κ3) is 1.33. The molecule has 64 valence electrons. The molecule has 5 nitrogen and oxygen atoms in total. The van der Waals surface area contributed by atoms with E-state index in [9.17, 15) is 10.1 Å². The van der Waals surface area contributed by atoms with Crippen molar-refractivity contribution >= 4 is 33.0 Å². The highest BCUT2D eigenvalue weighted by molar-refractivity contribution is 9.10. The molecule has 1 aromatic carbocycles. The van der Waals surface area contributed by atoms with Crippen molar-refractivity contribution in [1.82, 2.24) is 0 Å². The molecular weight excluding hydrogens is 226 g/mol. The van der Waals surface area contributed by atoms with Crippen molar-refractivity contribution in [2.45, 2.75) is 0 Å². The molecule has 4 N–H and O–H groups in total. The number of nitro groups is 1. The molecule has 0 aromatic heterocycles. The average Bonchev–Trinajstić information content (AvgIpc) is 2.00. The topological polar surface area (TPSA) is 95.2 Å². The molecule has 0 atom stereocenters. The van der Waals surface area contributed by atoms with Crippen molar-refractivity contribution in [3.05, 3.63) is 26.7 Å². The smallest absolute Gasteiger partial charge is 0.294 e. The van der Waals surface area contributed by atoms with Crippen LogP contribution in [0.25, 0.3) is 0 Å². The van der Waals surface area contributed by atoms with Gasteiger partial charge in [-0.2, -0.15) is 0 Å². The molecule has 0 aliphatic carbocycles. The molecule has 0 aliphatic rings. The first kappa shape index (κ1) is 8.79. The molecule has 0 fully saturated rings. The van der Waals surface area contributed by atoms with E-state index in [1.54, 1.807) is 0 Å². The summed E-state index contributed by atoms with van der Waals surface area (Å²) in [6, 6.07) is 2.79. The van der Waals surface area contributed by atoms with Gasteiger partial charge in [0.05, 0.1) is 10.6 Å². The van der Waals surface area contributed by atoms with E-state index in [-0.39, 0.29) is 17.1 Å². The highest BCUT2D eigenvalue weighted by atomic mass is 79.9. The molecule has 0 saturated heterocycles. The lowest BCUT2D eigenvalue weighted by molar-refractivity contribution is -0.383. The zero-order chi connectivity index (χ0) is 9.30. The van der Waals surface area contributed by atoms with Crippen molar-refractivity contribution in [3.63, 3.8) is 0 Å². The first-order valence-corrected chi connectivity index (χ1v) is 3.81. The fourth-order valence-electron chi connectivity index (χ4n) is 0.757. The van der Waals surface area contributed by atoms with Crippen molar-refractivity contribution in [2.24, 2.45) is 0 Å². The van der Waals surface area contributed by atoms with Gasteiger partial charge >= 0.3 is 0 Å². The van der Waals surface area contributed by atoms with Crippen LogP contribution in [-0.4, -0.2) is 4.92 Å². The van der Waals surface area contributed by atoms with Crippen LogP contribution in [0, 0.1) is 10.1 Å². The Labute approximate surface area is 76.6 Å². The van der Waals surface area contributed by atoms with E-state index in [1.165, 1.54) is 12.1 Å². The van der Waals surface area contributed by atoms with Crippen LogP contribution < -0.4 is 11.5 Å². The minimum atomic E-state index is -0.571. The summed E-state index contributed by atoms with van der Waals surface area (Å²) in [5.74, 6) is 0. The largest absolute Gasteiger partial charge is 0.396 e. The maximum absolute atomic E-state index is 10.3. The first-order valence-electron chi connectivity index (χ1n) is 3.02. The fourth-order valence-corrected chi connectivity index (χ4v) is 1.10. The second kappa shape index (κ2) is 2.98. The molecular formula is C6H6BrN3O2. The molecule has 0 saturated carbocycles. The molecule has 1 aromatic rings. The molecule has 0 spiro atoms. The Bertz CT molecular complexity index is 340. The second-order valence-electron chi connectivity index (χ2n) is 2.15. The summed E-state index contributed by atoms with van der Waals surface area (Å²) in [5.41, 5.74) is 10.9. The third-order valence-electron chi connectivity index (χ3n) is 1.41. The van der Waals surface area contributed by atoms with E-state index in [2.05, 4.69) is 15.9 Å². The number of nitrogens with two attached hydrogens (primary N) is 2. The number of hydrogen-bond donors (Lipinski definition) is 2. The van der Waals surface area contributed by atoms with Crippen LogP contribution >= 0.6 is 15.9 Å². The predicted molar refractivity (Wildman–Crippen MR) is 49.6 cm³/mol. The Kier molecular flexibility index (Phi) is 2.18. The van der Waals surface area contributed by atoms with E-state index in [1.807, 2.05) is 0 Å². The Morgan fingerprint density at radius 1 is 1.33 bits per heavy atom. The quantitative estimate of drug-likeness (QED) is 0.435. The highest BCUT2D eigenvalue weighted by Gasteiger charge is 2.14. The van der Waals surface area contributed by atoms with E-state index in [0.717, 1.165) is 0 Å². The maximum atomic E-state index is 10.3. The summed E-state index contributed by atoms with van der Waals surface area (Å²) in [5, 5.41) is 10.3. The lowest BCUT2D eigenvalue weighted by Gasteiger charge is -2.02. The van der Waals surface area contributed by atoms with Gasteiger partial charge in [-0.3, -0.25) is 10.1 Å². The van der Waals surface area contributed by atoms with Gasteiger partial charge in [-0.1, -0.05) is 0 Å². The summed E-state index contributed by atoms with van der Waals surface area (Å²) >= 11 is 3.10. The van der Waals surface area contributed by atoms with Gasteiger partial charge in [-0.15, -0.1) is 0 Å². The Morgan fingerprint density at radius 3 is 2.42 bits per heavy atom. The van der Waals surface area contributed by atoms with Gasteiger partial charge in [-0.05, 0) is 22.0 Å². The standard InChI is InChI=1S/C6H6BrN3O2/c7-3-1-2-4(10(11)12)6(9)5(3)8/h1-2H,8-9H2. The molecule has 6 heteroatoms. The minimum Gasteiger partial charge on any atom is -0.396 e. The SMILES string of the molecule is Nc1c(Br)ccc([N+](=O)[O-])c1N. The van der Waals surface area contributed by atoms with Gasteiger partial charge in [0, 0.05) is 10.5 Å². The zero-order valence-corrected chi connectivity index (χ0v) is 7.54. The lowest BCUT2D eigenvalue weighted by atomic mass is 10.2. The monoisotopic (exact) mass is 231 g/mol. The van der Waals surface area contributed by atoms with Gasteiger partial charge in [0.25, 0.3) is 5.69 Å². The summed E-state index contributed by atoms with van der Waals surface area (Å²) in [7, 11) is 0. The van der Waals surface area contributed by atoms with E-state index >= 15 is 0 Å². The predicted octanol–water partition coefficient (Wildman–Crippen LogP) is 1.52. The highest BCUT2D eigenvalue weighted by Crippen LogP contribution is 2.32. The molecule has 0 unspecified atom stereocenters. The van der Waals surface area contributed by atoms with Crippen LogP contribution in [-0.2, 0) is 0 Å². The zero-order valence-electron chi connectivity index (χ0n) is 5.95. The summed E-state index contributed by atoms with van der Waals surface area (Å²) in [6.45, 7) is 0. The Morgan fingerprint density at radius 2 is 1.92 bits per heavy atom. The third-order valence-corrected chi connectivity index (χ3v) is 2.10. The molecule has 0 aliphatic heterocycles. The van der Waals surface area contributed by atoms with Crippen molar-refractivity contribution in [1.29, 1.82) is 0 Å². The first-order chi connectivity index (χ1) is 5.54. The molecule has 0 radical (unpaired) electrons. The fraction of sp³-hybridized carbons (Fsp3) is 0. The van der Waals surface area contributed by atoms with Gasteiger partial charge < -0.3 is 11.5 Å². The normalized spacial score (nSPS) is 9.75.